The van der Waals surface area contributed by atoms with Gasteiger partial charge in [0.1, 0.15) is 7.11 Å². The van der Waals surface area contributed by atoms with Gasteiger partial charge in [-0.1, -0.05) is 6.08 Å². The topological polar surface area (TPSA) is 135 Å². The third-order valence-corrected chi connectivity index (χ3v) is 8.32. The van der Waals surface area contributed by atoms with E-state index in [-0.39, 0.29) is 34.0 Å². The highest BCUT2D eigenvalue weighted by atomic mass is 32.2. The third kappa shape index (κ3) is 4.75. The lowest BCUT2D eigenvalue weighted by Gasteiger charge is -2.22. The second-order valence-corrected chi connectivity index (χ2v) is 11.6. The Kier molecular flexibility index (Phi) is 6.13. The molecule has 3 N–H and O–H groups in total. The first-order valence-corrected chi connectivity index (χ1v) is 13.4. The average Bonchev–Trinajstić information content (AvgIpc) is 3.39. The molecule has 11 nitrogen and oxygen atoms in total. The first kappa shape index (κ1) is 24.5. The predicted molar refractivity (Wildman–Crippen MR) is 135 cm³/mol. The zero-order valence-corrected chi connectivity index (χ0v) is 21.6. The van der Waals surface area contributed by atoms with Gasteiger partial charge in [0.05, 0.1) is 28.5 Å². The molecule has 1 aliphatic heterocycles. The van der Waals surface area contributed by atoms with Gasteiger partial charge in [-0.05, 0) is 62.5 Å². The van der Waals surface area contributed by atoms with E-state index in [9.17, 15) is 13.2 Å². The van der Waals surface area contributed by atoms with E-state index in [2.05, 4.69) is 31.4 Å². The monoisotopic (exact) mass is 513 g/mol. The van der Waals surface area contributed by atoms with Crippen LogP contribution in [0.4, 0.5) is 0 Å². The highest BCUT2D eigenvalue weighted by molar-refractivity contribution is 7.89. The van der Waals surface area contributed by atoms with E-state index in [1.54, 1.807) is 30.2 Å². The number of H-pyrrole nitrogens is 1. The number of aromatic nitrogens is 4. The van der Waals surface area contributed by atoms with E-state index in [1.807, 2.05) is 13.8 Å². The summed E-state index contributed by atoms with van der Waals surface area (Å²) in [4.78, 5) is 22.2. The Morgan fingerprint density at radius 2 is 2.11 bits per heavy atom. The summed E-state index contributed by atoms with van der Waals surface area (Å²) in [7, 11) is -0.637. The molecule has 2 aromatic heterocycles. The van der Waals surface area contributed by atoms with Gasteiger partial charge in [0.2, 0.25) is 15.6 Å². The van der Waals surface area contributed by atoms with Crippen LogP contribution in [-0.4, -0.2) is 53.0 Å². The van der Waals surface area contributed by atoms with Gasteiger partial charge in [-0.25, -0.2) is 13.1 Å². The minimum atomic E-state index is -3.84. The second kappa shape index (κ2) is 9.02. The van der Waals surface area contributed by atoms with Gasteiger partial charge < -0.3 is 15.1 Å². The van der Waals surface area contributed by atoms with Gasteiger partial charge in [-0.15, -0.1) is 0 Å². The summed E-state index contributed by atoms with van der Waals surface area (Å²) in [5.41, 5.74) is 2.36. The molecule has 36 heavy (non-hydrogen) atoms. The maximum atomic E-state index is 13.9. The van der Waals surface area contributed by atoms with Crippen molar-refractivity contribution in [1.82, 2.24) is 29.4 Å². The van der Waals surface area contributed by atoms with Crippen LogP contribution in [0.2, 0.25) is 0 Å². The Morgan fingerprint density at radius 3 is 2.75 bits per heavy atom. The van der Waals surface area contributed by atoms with Crippen LogP contribution in [0, 0.1) is 0 Å². The lowest BCUT2D eigenvalue weighted by Crippen LogP contribution is -2.37. The molecule has 0 saturated heterocycles. The fourth-order valence-corrected chi connectivity index (χ4v) is 6.08. The van der Waals surface area contributed by atoms with Crippen molar-refractivity contribution in [3.63, 3.8) is 0 Å². The van der Waals surface area contributed by atoms with E-state index < -0.39 is 15.6 Å². The van der Waals surface area contributed by atoms with Crippen molar-refractivity contribution < 1.29 is 13.3 Å². The Labute approximate surface area is 208 Å². The number of rotatable bonds is 7. The van der Waals surface area contributed by atoms with Gasteiger partial charge in [0.15, 0.2) is 0 Å². The average molecular weight is 514 g/mol. The third-order valence-electron chi connectivity index (χ3n) is 6.71. The molecule has 2 aliphatic rings. The summed E-state index contributed by atoms with van der Waals surface area (Å²) in [5, 5.41) is 11.9. The summed E-state index contributed by atoms with van der Waals surface area (Å²) in [6, 6.07) is 3.22. The smallest absolute Gasteiger partial charge is 0.263 e. The van der Waals surface area contributed by atoms with Crippen molar-refractivity contribution >= 4 is 26.5 Å². The molecule has 3 aromatic rings. The zero-order chi connectivity index (χ0) is 25.7. The number of benzene rings is 1. The number of aromatic amines is 1. The highest BCUT2D eigenvalue weighted by Crippen LogP contribution is 2.37. The molecule has 1 aliphatic carbocycles. The van der Waals surface area contributed by atoms with Crippen LogP contribution in [0.25, 0.3) is 16.5 Å². The molecular weight excluding hydrogens is 482 g/mol. The van der Waals surface area contributed by atoms with Crippen LogP contribution >= 0.6 is 0 Å². The van der Waals surface area contributed by atoms with Gasteiger partial charge in [0, 0.05) is 36.0 Å². The largest absolute Gasteiger partial charge is 0.396 e. The minimum Gasteiger partial charge on any atom is -0.396 e. The molecule has 0 bridgehead atoms. The molecule has 12 heteroatoms. The van der Waals surface area contributed by atoms with Crippen LogP contribution in [0.3, 0.4) is 0 Å². The maximum Gasteiger partial charge on any atom is 0.263 e. The molecule has 1 atom stereocenters. The quantitative estimate of drug-likeness (QED) is 0.406. The predicted octanol–water partition coefficient (Wildman–Crippen LogP) is 1.17. The van der Waals surface area contributed by atoms with E-state index >= 15 is 0 Å². The van der Waals surface area contributed by atoms with Gasteiger partial charge in [0.25, 0.3) is 5.56 Å². The van der Waals surface area contributed by atoms with Crippen LogP contribution in [0.1, 0.15) is 44.2 Å². The first-order chi connectivity index (χ1) is 17.1. The molecule has 1 aromatic carbocycles. The van der Waals surface area contributed by atoms with Gasteiger partial charge >= 0.3 is 0 Å². The van der Waals surface area contributed by atoms with E-state index in [0.717, 1.165) is 30.5 Å². The Bertz CT molecular complexity index is 1590. The maximum absolute atomic E-state index is 13.9. The summed E-state index contributed by atoms with van der Waals surface area (Å²) < 4.78 is 32.6. The standard InChI is InChI=1S/C24H31N7O4S/c1-15-9-17(5-8-25-15)19-10-18(36(33,34)29-24(2)6-7-24)11-20-21(19)27-23(28-35-4)31(22(20)32)14-16-12-26-30(3)13-16/h9-13,15,25,29H,5-8,14H2,1-4H3,(H,27,28)/t15-/m1/s1. The van der Waals surface area contributed by atoms with Crippen molar-refractivity contribution in [3.8, 4) is 0 Å². The Hall–Kier alpha value is -3.22. The van der Waals surface area contributed by atoms with E-state index in [1.165, 1.54) is 17.7 Å². The molecule has 3 heterocycles. The number of nitrogens with zero attached hydrogens (tertiary/aromatic N) is 4. The number of nitrogens with one attached hydrogen (secondary N) is 3. The lowest BCUT2D eigenvalue weighted by molar-refractivity contribution is 0.192. The lowest BCUT2D eigenvalue weighted by atomic mass is 9.95. The van der Waals surface area contributed by atoms with Gasteiger partial charge in [-0.3, -0.25) is 14.0 Å². The van der Waals surface area contributed by atoms with Crippen molar-refractivity contribution in [2.75, 3.05) is 13.7 Å². The molecule has 1 fully saturated rings. The Balaban J connectivity index is 1.78. The summed E-state index contributed by atoms with van der Waals surface area (Å²) in [6.07, 6.45) is 7.80. The van der Waals surface area contributed by atoms with Crippen molar-refractivity contribution in [2.45, 2.75) is 56.1 Å². The Morgan fingerprint density at radius 1 is 1.33 bits per heavy atom. The molecule has 1 saturated carbocycles. The van der Waals surface area contributed by atoms with Crippen molar-refractivity contribution in [2.24, 2.45) is 12.2 Å². The minimum absolute atomic E-state index is 0.0695. The number of hydrogen-bond donors (Lipinski definition) is 3. The molecule has 192 valence electrons. The van der Waals surface area contributed by atoms with Crippen molar-refractivity contribution in [1.29, 1.82) is 0 Å². The molecular formula is C24H31N7O4S. The number of hydrogen-bond acceptors (Lipinski definition) is 7. The molecule has 0 unspecified atom stereocenters. The molecule has 0 amide bonds. The van der Waals surface area contributed by atoms with Gasteiger partial charge in [-0.2, -0.15) is 5.10 Å². The van der Waals surface area contributed by atoms with Crippen molar-refractivity contribution in [3.05, 3.63) is 57.7 Å². The molecule has 5 rings (SSSR count). The fraction of sp³-hybridized carbons (Fsp3) is 0.458. The fourth-order valence-electron chi connectivity index (χ4n) is 4.57. The summed E-state index contributed by atoms with van der Waals surface area (Å²) in [5.74, 6) is 0. The number of aryl methyl sites for hydroxylation is 1. The SMILES string of the molecule is CO/N=c1\[nH]c2c(C3=C[C@@H](C)NCC3)cc(S(=O)(=O)NC3(C)CC3)cc2c(=O)n1Cc1cnn(C)c1. The van der Waals surface area contributed by atoms with Crippen LogP contribution in [-0.2, 0) is 28.5 Å². The van der Waals surface area contributed by atoms with E-state index in [4.69, 9.17) is 4.84 Å². The first-order valence-electron chi connectivity index (χ1n) is 11.9. The van der Waals surface area contributed by atoms with E-state index in [0.29, 0.717) is 17.5 Å². The summed E-state index contributed by atoms with van der Waals surface area (Å²) >= 11 is 0. The number of fused-ring (bicyclic) bond motifs is 1. The highest BCUT2D eigenvalue weighted by Gasteiger charge is 2.41. The normalized spacial score (nSPS) is 19.9. The zero-order valence-electron chi connectivity index (χ0n) is 20.8. The molecule has 0 radical (unpaired) electrons. The van der Waals surface area contributed by atoms with Crippen LogP contribution in [0.15, 0.2) is 45.4 Å². The molecule has 0 spiro atoms. The summed E-state index contributed by atoms with van der Waals surface area (Å²) in [6.45, 7) is 4.85. The number of sulfonamides is 1. The van der Waals surface area contributed by atoms with Crippen LogP contribution < -0.4 is 21.2 Å². The second-order valence-electron chi connectivity index (χ2n) is 9.88. The van der Waals surface area contributed by atoms with Crippen LogP contribution in [0.5, 0.6) is 0 Å².